The number of rotatable bonds is 9. The van der Waals surface area contributed by atoms with Crippen LogP contribution in [0.15, 0.2) is 12.3 Å². The standard InChI is InChI=1S/C11H32N2O3Si4/c1-9-20(8,15-18(4,5)11-13)16-19(6,7)14-17(2,3)10-12/h9H,1,10-13H2,2-8H3. The second-order valence-electron chi connectivity index (χ2n) is 6.85. The van der Waals surface area contributed by atoms with Crippen LogP contribution in [0, 0.1) is 0 Å². The van der Waals surface area contributed by atoms with Crippen LogP contribution in [0.3, 0.4) is 0 Å². The van der Waals surface area contributed by atoms with E-state index in [1.54, 1.807) is 0 Å². The molecule has 9 heteroatoms. The first-order valence-electron chi connectivity index (χ1n) is 6.95. The van der Waals surface area contributed by atoms with Crippen molar-refractivity contribution in [1.29, 1.82) is 0 Å². The van der Waals surface area contributed by atoms with Crippen molar-refractivity contribution in [3.8, 4) is 0 Å². The third kappa shape index (κ3) is 7.43. The maximum Gasteiger partial charge on any atom is 0.342 e. The lowest BCUT2D eigenvalue weighted by molar-refractivity contribution is 0.333. The van der Waals surface area contributed by atoms with Crippen molar-refractivity contribution in [3.05, 3.63) is 12.3 Å². The minimum atomic E-state index is -2.46. The summed E-state index contributed by atoms with van der Waals surface area (Å²) in [6, 6.07) is 0. The van der Waals surface area contributed by atoms with Crippen molar-refractivity contribution in [1.82, 2.24) is 0 Å². The van der Waals surface area contributed by atoms with Gasteiger partial charge in [-0.2, -0.15) is 0 Å². The summed E-state index contributed by atoms with van der Waals surface area (Å²) in [5.74, 6) is 0. The predicted molar refractivity (Wildman–Crippen MR) is 95.6 cm³/mol. The Morgan fingerprint density at radius 3 is 1.55 bits per heavy atom. The van der Waals surface area contributed by atoms with Gasteiger partial charge in [-0.25, -0.2) is 0 Å². The van der Waals surface area contributed by atoms with Crippen molar-refractivity contribution in [2.75, 3.05) is 12.3 Å². The van der Waals surface area contributed by atoms with Gasteiger partial charge in [-0.05, 0) is 45.8 Å². The molecule has 0 heterocycles. The van der Waals surface area contributed by atoms with Crippen molar-refractivity contribution in [2.45, 2.75) is 45.8 Å². The Kier molecular flexibility index (Phi) is 7.26. The Labute approximate surface area is 128 Å². The summed E-state index contributed by atoms with van der Waals surface area (Å²) < 4.78 is 18.8. The molecule has 0 spiro atoms. The quantitative estimate of drug-likeness (QED) is 0.620. The minimum Gasteiger partial charge on any atom is -0.435 e. The van der Waals surface area contributed by atoms with Crippen LogP contribution in [0.1, 0.15) is 0 Å². The summed E-state index contributed by atoms with van der Waals surface area (Å²) in [5.41, 5.74) is 13.4. The molecule has 0 saturated carbocycles. The summed E-state index contributed by atoms with van der Waals surface area (Å²) in [6.07, 6.45) is 1.15. The van der Waals surface area contributed by atoms with Crippen LogP contribution in [0.2, 0.25) is 45.8 Å². The van der Waals surface area contributed by atoms with Crippen LogP contribution in [0.4, 0.5) is 0 Å². The Balaban J connectivity index is 4.97. The molecule has 0 aliphatic heterocycles. The molecule has 0 aromatic carbocycles. The fourth-order valence-corrected chi connectivity index (χ4v) is 17.9. The molecule has 0 amide bonds. The van der Waals surface area contributed by atoms with Gasteiger partial charge in [0, 0.05) is 12.3 Å². The first kappa shape index (κ1) is 20.4. The lowest BCUT2D eigenvalue weighted by Crippen LogP contribution is -2.59. The molecular weight excluding hydrogens is 320 g/mol. The summed E-state index contributed by atoms with van der Waals surface area (Å²) in [6.45, 7) is 18.4. The van der Waals surface area contributed by atoms with E-state index in [9.17, 15) is 0 Å². The highest BCUT2D eigenvalue weighted by Crippen LogP contribution is 2.23. The van der Waals surface area contributed by atoms with Crippen LogP contribution < -0.4 is 11.5 Å². The largest absolute Gasteiger partial charge is 0.435 e. The van der Waals surface area contributed by atoms with E-state index in [1.807, 2.05) is 25.3 Å². The average molecular weight is 353 g/mol. The van der Waals surface area contributed by atoms with E-state index in [2.05, 4.69) is 32.8 Å². The van der Waals surface area contributed by atoms with E-state index >= 15 is 0 Å². The molecule has 0 aliphatic carbocycles. The maximum absolute atomic E-state index is 6.32. The molecule has 4 N–H and O–H groups in total. The molecule has 1 unspecified atom stereocenters. The molecule has 0 aromatic heterocycles. The lowest BCUT2D eigenvalue weighted by Gasteiger charge is -2.40. The monoisotopic (exact) mass is 352 g/mol. The number of hydrogen-bond donors (Lipinski definition) is 2. The van der Waals surface area contributed by atoms with E-state index in [0.29, 0.717) is 12.3 Å². The van der Waals surface area contributed by atoms with Crippen LogP contribution in [0.25, 0.3) is 0 Å². The summed E-state index contributed by atoms with van der Waals surface area (Å²) in [7, 11) is -8.53. The molecule has 1 atom stereocenters. The normalized spacial score (nSPS) is 16.9. The van der Waals surface area contributed by atoms with Crippen LogP contribution in [0.5, 0.6) is 0 Å². The predicted octanol–water partition coefficient (Wildman–Crippen LogP) is 1.94. The van der Waals surface area contributed by atoms with Gasteiger partial charge in [0.1, 0.15) is 0 Å². The molecule has 0 fully saturated rings. The zero-order valence-electron chi connectivity index (χ0n) is 14.1. The Bertz CT molecular complexity index is 340. The van der Waals surface area contributed by atoms with Gasteiger partial charge < -0.3 is 23.8 Å². The van der Waals surface area contributed by atoms with Gasteiger partial charge in [-0.1, -0.05) is 5.70 Å². The topological polar surface area (TPSA) is 79.7 Å². The molecule has 20 heavy (non-hydrogen) atoms. The molecule has 0 saturated heterocycles. The van der Waals surface area contributed by atoms with Gasteiger partial charge in [-0.3, -0.25) is 0 Å². The highest BCUT2D eigenvalue weighted by molar-refractivity contribution is 6.91. The van der Waals surface area contributed by atoms with Gasteiger partial charge in [0.2, 0.25) is 0 Å². The zero-order valence-corrected chi connectivity index (χ0v) is 18.1. The van der Waals surface area contributed by atoms with Crippen LogP contribution in [-0.4, -0.2) is 46.1 Å². The number of hydrogen-bond acceptors (Lipinski definition) is 5. The molecule has 0 radical (unpaired) electrons. The third-order valence-corrected chi connectivity index (χ3v) is 17.1. The van der Waals surface area contributed by atoms with E-state index in [0.717, 1.165) is 0 Å². The van der Waals surface area contributed by atoms with Gasteiger partial charge in [0.25, 0.3) is 0 Å². The molecule has 5 nitrogen and oxygen atoms in total. The van der Waals surface area contributed by atoms with Crippen molar-refractivity contribution >= 4 is 33.8 Å². The van der Waals surface area contributed by atoms with Gasteiger partial charge >= 0.3 is 17.1 Å². The smallest absolute Gasteiger partial charge is 0.342 e. The van der Waals surface area contributed by atoms with Crippen LogP contribution in [-0.2, 0) is 12.3 Å². The fourth-order valence-electron chi connectivity index (χ4n) is 1.91. The van der Waals surface area contributed by atoms with E-state index in [4.69, 9.17) is 23.8 Å². The van der Waals surface area contributed by atoms with Crippen molar-refractivity contribution < 1.29 is 12.3 Å². The summed E-state index contributed by atoms with van der Waals surface area (Å²) in [4.78, 5) is 0. The minimum absolute atomic E-state index is 0.568. The van der Waals surface area contributed by atoms with Crippen molar-refractivity contribution in [3.63, 3.8) is 0 Å². The maximum atomic E-state index is 6.32. The van der Waals surface area contributed by atoms with E-state index < -0.39 is 33.8 Å². The van der Waals surface area contributed by atoms with Crippen molar-refractivity contribution in [2.24, 2.45) is 11.5 Å². The van der Waals surface area contributed by atoms with Gasteiger partial charge in [0.05, 0.1) is 0 Å². The average Bonchev–Trinajstić information content (AvgIpc) is 2.26. The first-order chi connectivity index (χ1) is 8.80. The van der Waals surface area contributed by atoms with E-state index in [1.165, 1.54) is 0 Å². The zero-order chi connectivity index (χ0) is 16.2. The molecule has 0 aromatic rings. The highest BCUT2D eigenvalue weighted by atomic mass is 28.5. The molecule has 0 bridgehead atoms. The Morgan fingerprint density at radius 1 is 0.800 bits per heavy atom. The number of nitrogens with two attached hydrogens (primary N) is 2. The Morgan fingerprint density at radius 2 is 1.20 bits per heavy atom. The van der Waals surface area contributed by atoms with Gasteiger partial charge in [0.15, 0.2) is 16.6 Å². The lowest BCUT2D eigenvalue weighted by atomic mass is 11.3. The molecule has 120 valence electrons. The Hall–Kier alpha value is 0.408. The van der Waals surface area contributed by atoms with Gasteiger partial charge in [-0.15, -0.1) is 6.58 Å². The molecule has 0 rings (SSSR count). The van der Waals surface area contributed by atoms with Crippen LogP contribution >= 0.6 is 0 Å². The second-order valence-corrected chi connectivity index (χ2v) is 22.4. The molecular formula is C11H32N2O3Si4. The highest BCUT2D eigenvalue weighted by Gasteiger charge is 2.44. The fraction of sp³-hybridized carbons (Fsp3) is 0.818. The van der Waals surface area contributed by atoms with E-state index in [-0.39, 0.29) is 0 Å². The first-order valence-corrected chi connectivity index (χ1v) is 18.4. The second kappa shape index (κ2) is 7.11. The molecule has 0 aliphatic rings. The third-order valence-electron chi connectivity index (χ3n) is 2.80. The summed E-state index contributed by atoms with van der Waals surface area (Å²) >= 11 is 0. The SMILES string of the molecule is C=C[Si](C)(O[Si](C)(C)CN)O[Si](C)(C)O[Si](C)(C)CN. The summed E-state index contributed by atoms with van der Waals surface area (Å²) in [5, 5.41) is 0.